The van der Waals surface area contributed by atoms with Gasteiger partial charge in [0.15, 0.2) is 0 Å². The molecule has 1 aliphatic rings. The van der Waals surface area contributed by atoms with E-state index in [0.29, 0.717) is 10.8 Å². The quantitative estimate of drug-likeness (QED) is 0.660. The van der Waals surface area contributed by atoms with Gasteiger partial charge in [0.2, 0.25) is 0 Å². The molecule has 0 amide bonds. The molecule has 0 spiro atoms. The van der Waals surface area contributed by atoms with Gasteiger partial charge in [0, 0.05) is 0 Å². The lowest BCUT2D eigenvalue weighted by Gasteiger charge is -2.29. The fourth-order valence-electron chi connectivity index (χ4n) is 2.60. The highest BCUT2D eigenvalue weighted by molar-refractivity contribution is 4.95. The Bertz CT molecular complexity index is 230. The van der Waals surface area contributed by atoms with Gasteiger partial charge in [-0.1, -0.05) is 45.8 Å². The van der Waals surface area contributed by atoms with Crippen LogP contribution < -0.4 is 5.73 Å². The molecule has 1 unspecified atom stereocenters. The largest absolute Gasteiger partial charge is 0.330 e. The van der Waals surface area contributed by atoms with Crippen molar-refractivity contribution < 1.29 is 0 Å². The summed E-state index contributed by atoms with van der Waals surface area (Å²) in [5.74, 6) is 0. The van der Waals surface area contributed by atoms with E-state index >= 15 is 0 Å². The molecule has 0 aromatic rings. The van der Waals surface area contributed by atoms with E-state index in [2.05, 4.69) is 32.9 Å². The van der Waals surface area contributed by atoms with Crippen molar-refractivity contribution in [3.05, 3.63) is 12.2 Å². The minimum Gasteiger partial charge on any atom is -0.330 e. The van der Waals surface area contributed by atoms with E-state index in [1.54, 1.807) is 0 Å². The lowest BCUT2D eigenvalue weighted by Crippen LogP contribution is -2.27. The summed E-state index contributed by atoms with van der Waals surface area (Å²) in [6, 6.07) is 0. The molecule has 0 aliphatic heterocycles. The summed E-state index contributed by atoms with van der Waals surface area (Å²) in [6.45, 7) is 7.91. The summed E-state index contributed by atoms with van der Waals surface area (Å²) in [7, 11) is 0. The molecule has 0 fully saturated rings. The van der Waals surface area contributed by atoms with Crippen LogP contribution in [-0.2, 0) is 0 Å². The molecule has 0 aromatic carbocycles. The van der Waals surface area contributed by atoms with E-state index < -0.39 is 0 Å². The van der Waals surface area contributed by atoms with E-state index in [-0.39, 0.29) is 0 Å². The Morgan fingerprint density at radius 2 is 1.69 bits per heavy atom. The molecule has 0 saturated carbocycles. The number of allylic oxidation sites excluding steroid dienone is 2. The fraction of sp³-hybridized carbons (Fsp3) is 0.867. The Balaban J connectivity index is 2.59. The van der Waals surface area contributed by atoms with E-state index in [4.69, 9.17) is 5.73 Å². The highest BCUT2D eigenvalue weighted by Gasteiger charge is 2.23. The van der Waals surface area contributed by atoms with Crippen LogP contribution in [0, 0.1) is 10.8 Å². The zero-order valence-corrected chi connectivity index (χ0v) is 11.4. The van der Waals surface area contributed by atoms with E-state index in [9.17, 15) is 0 Å². The molecule has 16 heavy (non-hydrogen) atoms. The Labute approximate surface area is 101 Å². The van der Waals surface area contributed by atoms with Crippen LogP contribution in [0.15, 0.2) is 12.2 Å². The van der Waals surface area contributed by atoms with Crippen LogP contribution in [0.5, 0.6) is 0 Å². The van der Waals surface area contributed by atoms with Crippen molar-refractivity contribution >= 4 is 0 Å². The molecule has 1 aliphatic carbocycles. The maximum absolute atomic E-state index is 5.94. The van der Waals surface area contributed by atoms with Gasteiger partial charge in [-0.15, -0.1) is 0 Å². The average molecular weight is 223 g/mol. The molecule has 0 radical (unpaired) electrons. The van der Waals surface area contributed by atoms with Gasteiger partial charge in [0.1, 0.15) is 0 Å². The van der Waals surface area contributed by atoms with Crippen LogP contribution >= 0.6 is 0 Å². The number of rotatable bonds is 1. The van der Waals surface area contributed by atoms with Gasteiger partial charge in [-0.25, -0.2) is 0 Å². The fourth-order valence-corrected chi connectivity index (χ4v) is 2.60. The average Bonchev–Trinajstić information content (AvgIpc) is 2.24. The molecule has 94 valence electrons. The molecule has 0 saturated heterocycles. The first kappa shape index (κ1) is 13.8. The van der Waals surface area contributed by atoms with Crippen LogP contribution in [0.3, 0.4) is 0 Å². The van der Waals surface area contributed by atoms with Crippen LogP contribution in [0.1, 0.15) is 65.7 Å². The zero-order valence-electron chi connectivity index (χ0n) is 11.4. The van der Waals surface area contributed by atoms with E-state index in [0.717, 1.165) is 6.54 Å². The minimum atomic E-state index is 0.375. The summed E-state index contributed by atoms with van der Waals surface area (Å²) in [6.07, 6.45) is 13.9. The monoisotopic (exact) mass is 223 g/mol. The summed E-state index contributed by atoms with van der Waals surface area (Å²) >= 11 is 0. The zero-order chi connectivity index (χ0) is 12.1. The predicted octanol–water partition coefficient (Wildman–Crippen LogP) is 4.28. The summed E-state index contributed by atoms with van der Waals surface area (Å²) in [5, 5.41) is 0. The maximum Gasteiger partial charge on any atom is -0.00232 e. The predicted molar refractivity (Wildman–Crippen MR) is 72.4 cm³/mol. The van der Waals surface area contributed by atoms with Gasteiger partial charge >= 0.3 is 0 Å². The van der Waals surface area contributed by atoms with Crippen molar-refractivity contribution in [2.75, 3.05) is 6.54 Å². The van der Waals surface area contributed by atoms with Crippen molar-refractivity contribution in [1.82, 2.24) is 0 Å². The number of hydrogen-bond acceptors (Lipinski definition) is 1. The van der Waals surface area contributed by atoms with Gasteiger partial charge in [-0.3, -0.25) is 0 Å². The summed E-state index contributed by atoms with van der Waals surface area (Å²) in [5.41, 5.74) is 6.70. The molecule has 1 rings (SSSR count). The molecule has 1 heteroatoms. The maximum atomic E-state index is 5.94. The molecule has 2 N–H and O–H groups in total. The minimum absolute atomic E-state index is 0.375. The molecular formula is C15H29N. The molecule has 1 atom stereocenters. The van der Waals surface area contributed by atoms with Gasteiger partial charge in [-0.2, -0.15) is 0 Å². The Morgan fingerprint density at radius 1 is 1.00 bits per heavy atom. The highest BCUT2D eigenvalue weighted by Crippen LogP contribution is 2.34. The first-order chi connectivity index (χ1) is 7.47. The highest BCUT2D eigenvalue weighted by atomic mass is 14.6. The Hall–Kier alpha value is -0.300. The Kier molecular flexibility index (Phi) is 5.04. The molecule has 1 nitrogen and oxygen atoms in total. The second-order valence-electron chi connectivity index (χ2n) is 6.51. The van der Waals surface area contributed by atoms with Gasteiger partial charge in [-0.05, 0) is 49.5 Å². The summed E-state index contributed by atoms with van der Waals surface area (Å²) < 4.78 is 0. The number of nitrogens with two attached hydrogens (primary N) is 1. The van der Waals surface area contributed by atoms with Crippen LogP contribution in [-0.4, -0.2) is 6.54 Å². The molecular weight excluding hydrogens is 194 g/mol. The Morgan fingerprint density at radius 3 is 2.38 bits per heavy atom. The van der Waals surface area contributed by atoms with Gasteiger partial charge in [0.25, 0.3) is 0 Å². The van der Waals surface area contributed by atoms with E-state index in [1.165, 1.54) is 44.9 Å². The second-order valence-corrected chi connectivity index (χ2v) is 6.51. The number of hydrogen-bond donors (Lipinski definition) is 1. The standard InChI is InChI=1S/C15H29N/c1-14(2)9-6-4-5-7-11-15(3,13-16)12-8-10-14/h6,9H,4-5,7-8,10-13,16H2,1-3H3/b9-6-. The van der Waals surface area contributed by atoms with Crippen molar-refractivity contribution in [3.63, 3.8) is 0 Å². The van der Waals surface area contributed by atoms with Crippen LogP contribution in [0.2, 0.25) is 0 Å². The first-order valence-electron chi connectivity index (χ1n) is 6.85. The third-order valence-electron chi connectivity index (χ3n) is 4.06. The second kappa shape index (κ2) is 5.86. The normalized spacial score (nSPS) is 34.0. The topological polar surface area (TPSA) is 26.0 Å². The van der Waals surface area contributed by atoms with E-state index in [1.807, 2.05) is 0 Å². The smallest absolute Gasteiger partial charge is 0.00232 e. The van der Waals surface area contributed by atoms with Crippen molar-refractivity contribution in [3.8, 4) is 0 Å². The van der Waals surface area contributed by atoms with Crippen molar-refractivity contribution in [1.29, 1.82) is 0 Å². The summed E-state index contributed by atoms with van der Waals surface area (Å²) in [4.78, 5) is 0. The lowest BCUT2D eigenvalue weighted by molar-refractivity contribution is 0.251. The van der Waals surface area contributed by atoms with Crippen LogP contribution in [0.25, 0.3) is 0 Å². The third-order valence-corrected chi connectivity index (χ3v) is 4.06. The SMILES string of the molecule is CC1(C)/C=C\CCCCC(C)(CN)CCC1. The van der Waals surface area contributed by atoms with Crippen molar-refractivity contribution in [2.24, 2.45) is 16.6 Å². The molecule has 0 bridgehead atoms. The first-order valence-corrected chi connectivity index (χ1v) is 6.85. The third kappa shape index (κ3) is 4.69. The van der Waals surface area contributed by atoms with Crippen molar-refractivity contribution in [2.45, 2.75) is 65.7 Å². The van der Waals surface area contributed by atoms with Gasteiger partial charge < -0.3 is 5.73 Å². The van der Waals surface area contributed by atoms with Crippen LogP contribution in [0.4, 0.5) is 0 Å². The van der Waals surface area contributed by atoms with Gasteiger partial charge in [0.05, 0.1) is 0 Å². The molecule has 0 heterocycles. The lowest BCUT2D eigenvalue weighted by atomic mass is 9.78. The molecule has 0 aromatic heterocycles.